The minimum atomic E-state index is -0.283. The van der Waals surface area contributed by atoms with Gasteiger partial charge in [-0.05, 0) is 55.5 Å². The van der Waals surface area contributed by atoms with E-state index in [0.29, 0.717) is 29.2 Å². The first-order chi connectivity index (χ1) is 9.56. The van der Waals surface area contributed by atoms with Crippen molar-refractivity contribution < 1.29 is 9.18 Å². The maximum Gasteiger partial charge on any atom is 0.137 e. The Morgan fingerprint density at radius 3 is 3.00 bits per heavy atom. The molecule has 1 fully saturated rings. The molecule has 0 saturated carbocycles. The molecule has 1 aromatic rings. The minimum Gasteiger partial charge on any atom is -0.316 e. The Kier molecular flexibility index (Phi) is 5.73. The lowest BCUT2D eigenvalue weighted by atomic mass is 9.84. The number of nitrogens with one attached hydrogen (secondary N) is 1. The number of Topliss-reactive ketones (excluding diaryl/α,β-unsaturated/α-hetero) is 1. The monoisotopic (exact) mass is 341 g/mol. The summed E-state index contributed by atoms with van der Waals surface area (Å²) in [4.78, 5) is 12.2. The number of ketones is 1. The third-order valence-corrected chi connectivity index (χ3v) is 4.83. The standard InChI is InChI=1S/C16H21BrFNO/c1-11(13-3-2-6-19-10-13)7-15(20)8-12-4-5-14(18)9-16(12)17/h4-5,9,11,13,19H,2-3,6-8,10H2,1H3. The Hall–Kier alpha value is -0.740. The molecule has 2 unspecified atom stereocenters. The van der Waals surface area contributed by atoms with Crippen LogP contribution in [-0.4, -0.2) is 18.9 Å². The van der Waals surface area contributed by atoms with E-state index in [4.69, 9.17) is 0 Å². The molecule has 0 aromatic heterocycles. The second-order valence-corrected chi connectivity index (χ2v) is 6.59. The van der Waals surface area contributed by atoms with Gasteiger partial charge in [0.1, 0.15) is 11.6 Å². The second-order valence-electron chi connectivity index (χ2n) is 5.74. The molecule has 1 aliphatic rings. The van der Waals surface area contributed by atoms with Crippen LogP contribution in [0.2, 0.25) is 0 Å². The molecule has 1 N–H and O–H groups in total. The maximum absolute atomic E-state index is 13.0. The Morgan fingerprint density at radius 1 is 1.55 bits per heavy atom. The first-order valence-electron chi connectivity index (χ1n) is 7.22. The van der Waals surface area contributed by atoms with Crippen molar-refractivity contribution in [2.45, 2.75) is 32.6 Å². The molecule has 0 bridgehead atoms. The Bertz CT molecular complexity index is 472. The zero-order valence-corrected chi connectivity index (χ0v) is 13.4. The first kappa shape index (κ1) is 15.6. The largest absolute Gasteiger partial charge is 0.316 e. The maximum atomic E-state index is 13.0. The van der Waals surface area contributed by atoms with Crippen molar-refractivity contribution >= 4 is 21.7 Å². The molecule has 0 aliphatic carbocycles. The number of carbonyl (C=O) groups is 1. The van der Waals surface area contributed by atoms with Gasteiger partial charge in [-0.3, -0.25) is 4.79 Å². The van der Waals surface area contributed by atoms with E-state index in [1.54, 1.807) is 6.07 Å². The molecule has 1 heterocycles. The van der Waals surface area contributed by atoms with E-state index in [9.17, 15) is 9.18 Å². The molecule has 0 amide bonds. The van der Waals surface area contributed by atoms with E-state index in [2.05, 4.69) is 28.2 Å². The number of halogens is 2. The summed E-state index contributed by atoms with van der Waals surface area (Å²) in [5.74, 6) is 0.962. The van der Waals surface area contributed by atoms with Gasteiger partial charge in [-0.15, -0.1) is 0 Å². The van der Waals surface area contributed by atoms with Crippen LogP contribution >= 0.6 is 15.9 Å². The first-order valence-corrected chi connectivity index (χ1v) is 8.02. The number of hydrogen-bond donors (Lipinski definition) is 1. The van der Waals surface area contributed by atoms with Crippen LogP contribution in [0.4, 0.5) is 4.39 Å². The molecule has 2 rings (SSSR count). The average Bonchev–Trinajstić information content (AvgIpc) is 2.43. The van der Waals surface area contributed by atoms with Gasteiger partial charge in [0.05, 0.1) is 0 Å². The average molecular weight is 342 g/mol. The highest BCUT2D eigenvalue weighted by Crippen LogP contribution is 2.24. The van der Waals surface area contributed by atoms with Crippen LogP contribution in [0.1, 0.15) is 31.7 Å². The van der Waals surface area contributed by atoms with Crippen LogP contribution in [0.15, 0.2) is 22.7 Å². The molecule has 1 aromatic carbocycles. The van der Waals surface area contributed by atoms with Crippen LogP contribution in [0.5, 0.6) is 0 Å². The summed E-state index contributed by atoms with van der Waals surface area (Å²) < 4.78 is 13.7. The molecule has 0 radical (unpaired) electrons. The van der Waals surface area contributed by atoms with Crippen molar-refractivity contribution in [2.75, 3.05) is 13.1 Å². The van der Waals surface area contributed by atoms with Gasteiger partial charge in [-0.25, -0.2) is 4.39 Å². The molecule has 0 spiro atoms. The summed E-state index contributed by atoms with van der Waals surface area (Å²) in [6.07, 6.45) is 3.40. The van der Waals surface area contributed by atoms with Crippen LogP contribution < -0.4 is 5.32 Å². The molecule has 1 aliphatic heterocycles. The van der Waals surface area contributed by atoms with Crippen molar-refractivity contribution in [2.24, 2.45) is 11.8 Å². The molecular formula is C16H21BrFNO. The summed E-state index contributed by atoms with van der Waals surface area (Å²) in [6, 6.07) is 4.50. The number of piperidine rings is 1. The van der Waals surface area contributed by atoms with E-state index >= 15 is 0 Å². The van der Waals surface area contributed by atoms with Gasteiger partial charge in [-0.2, -0.15) is 0 Å². The van der Waals surface area contributed by atoms with Crippen LogP contribution in [0, 0.1) is 17.7 Å². The third-order valence-electron chi connectivity index (χ3n) is 4.09. The number of benzene rings is 1. The van der Waals surface area contributed by atoms with Gasteiger partial charge in [0, 0.05) is 17.3 Å². The number of carbonyl (C=O) groups excluding carboxylic acids is 1. The Morgan fingerprint density at radius 2 is 2.35 bits per heavy atom. The van der Waals surface area contributed by atoms with E-state index in [1.165, 1.54) is 25.0 Å². The van der Waals surface area contributed by atoms with Crippen LogP contribution in [0.25, 0.3) is 0 Å². The predicted molar refractivity (Wildman–Crippen MR) is 82.2 cm³/mol. The van der Waals surface area contributed by atoms with Gasteiger partial charge in [0.2, 0.25) is 0 Å². The van der Waals surface area contributed by atoms with Gasteiger partial charge in [-0.1, -0.05) is 28.9 Å². The van der Waals surface area contributed by atoms with Crippen molar-refractivity contribution in [1.29, 1.82) is 0 Å². The SMILES string of the molecule is CC(CC(=O)Cc1ccc(F)cc1Br)C1CCCNC1. The van der Waals surface area contributed by atoms with Gasteiger partial charge >= 0.3 is 0 Å². The van der Waals surface area contributed by atoms with Crippen LogP contribution in [0.3, 0.4) is 0 Å². The quantitative estimate of drug-likeness (QED) is 0.884. The van der Waals surface area contributed by atoms with Crippen LogP contribution in [-0.2, 0) is 11.2 Å². The topological polar surface area (TPSA) is 29.1 Å². The second kappa shape index (κ2) is 7.32. The minimum absolute atomic E-state index is 0.232. The van der Waals surface area contributed by atoms with E-state index in [1.807, 2.05) is 0 Å². The molecule has 110 valence electrons. The fourth-order valence-electron chi connectivity index (χ4n) is 2.84. The van der Waals surface area contributed by atoms with Gasteiger partial charge in [0.15, 0.2) is 0 Å². The fourth-order valence-corrected chi connectivity index (χ4v) is 3.33. The fraction of sp³-hybridized carbons (Fsp3) is 0.562. The van der Waals surface area contributed by atoms with E-state index in [0.717, 1.165) is 18.7 Å². The Balaban J connectivity index is 1.88. The zero-order valence-electron chi connectivity index (χ0n) is 11.8. The van der Waals surface area contributed by atoms with Gasteiger partial charge < -0.3 is 5.32 Å². The normalized spacial score (nSPS) is 20.6. The highest BCUT2D eigenvalue weighted by atomic mass is 79.9. The smallest absolute Gasteiger partial charge is 0.137 e. The summed E-state index contributed by atoms with van der Waals surface area (Å²) in [7, 11) is 0. The third kappa shape index (κ3) is 4.38. The van der Waals surface area contributed by atoms with Gasteiger partial charge in [0.25, 0.3) is 0 Å². The lowest BCUT2D eigenvalue weighted by molar-refractivity contribution is -0.119. The summed E-state index contributed by atoms with van der Waals surface area (Å²) >= 11 is 3.32. The molecule has 2 nitrogen and oxygen atoms in total. The zero-order chi connectivity index (χ0) is 14.5. The number of rotatable bonds is 5. The highest BCUT2D eigenvalue weighted by Gasteiger charge is 2.22. The highest BCUT2D eigenvalue weighted by molar-refractivity contribution is 9.10. The molecule has 4 heteroatoms. The lowest BCUT2D eigenvalue weighted by Crippen LogP contribution is -2.34. The summed E-state index contributed by atoms with van der Waals surface area (Å²) in [5.41, 5.74) is 0.866. The Labute approximate surface area is 128 Å². The molecule has 1 saturated heterocycles. The number of hydrogen-bond acceptors (Lipinski definition) is 2. The molecular weight excluding hydrogens is 321 g/mol. The van der Waals surface area contributed by atoms with Crippen molar-refractivity contribution in [1.82, 2.24) is 5.32 Å². The molecule has 20 heavy (non-hydrogen) atoms. The lowest BCUT2D eigenvalue weighted by Gasteiger charge is -2.28. The summed E-state index contributed by atoms with van der Waals surface area (Å²) in [6.45, 7) is 4.28. The van der Waals surface area contributed by atoms with Crippen molar-refractivity contribution in [3.8, 4) is 0 Å². The van der Waals surface area contributed by atoms with Crippen molar-refractivity contribution in [3.05, 3.63) is 34.1 Å². The predicted octanol–water partition coefficient (Wildman–Crippen LogP) is 3.73. The van der Waals surface area contributed by atoms with E-state index in [-0.39, 0.29) is 11.6 Å². The molecule has 2 atom stereocenters. The summed E-state index contributed by atoms with van der Waals surface area (Å²) in [5, 5.41) is 3.39. The van der Waals surface area contributed by atoms with Crippen molar-refractivity contribution in [3.63, 3.8) is 0 Å². The van der Waals surface area contributed by atoms with E-state index < -0.39 is 0 Å².